The van der Waals surface area contributed by atoms with E-state index in [2.05, 4.69) is 185 Å². The summed E-state index contributed by atoms with van der Waals surface area (Å²) in [6, 6.07) is 61.1. The predicted octanol–water partition coefficient (Wildman–Crippen LogP) is 13.9. The summed E-state index contributed by atoms with van der Waals surface area (Å²) in [4.78, 5) is 18.5. The van der Waals surface area contributed by atoms with Gasteiger partial charge in [0.1, 0.15) is 11.5 Å². The van der Waals surface area contributed by atoms with Crippen molar-refractivity contribution in [2.45, 2.75) is 25.2 Å². The van der Waals surface area contributed by atoms with Crippen LogP contribution < -0.4 is 0 Å². The molecular formula is C55H38N6. The topological polar surface area (TPSA) is 86.0 Å². The summed E-state index contributed by atoms with van der Waals surface area (Å²) in [6.07, 6.45) is 3.19. The number of nitrogens with zero attached hydrogens (tertiary/aromatic N) is 3. The molecular weight excluding hydrogens is 745 g/mol. The average Bonchev–Trinajstić information content (AvgIpc) is 4.07. The van der Waals surface area contributed by atoms with Crippen LogP contribution in [-0.2, 0) is 6.42 Å². The van der Waals surface area contributed by atoms with Crippen molar-refractivity contribution in [2.75, 3.05) is 0 Å². The van der Waals surface area contributed by atoms with Gasteiger partial charge in [0.25, 0.3) is 0 Å². The van der Waals surface area contributed by atoms with E-state index in [1.807, 2.05) is 0 Å². The van der Waals surface area contributed by atoms with Gasteiger partial charge in [-0.15, -0.1) is 0 Å². The fourth-order valence-electron chi connectivity index (χ4n) is 10.3. The third-order valence-electron chi connectivity index (χ3n) is 13.1. The van der Waals surface area contributed by atoms with Crippen molar-refractivity contribution >= 4 is 65.4 Å². The quantitative estimate of drug-likeness (QED) is 0.152. The van der Waals surface area contributed by atoms with E-state index in [1.54, 1.807) is 0 Å². The van der Waals surface area contributed by atoms with Crippen molar-refractivity contribution in [1.82, 2.24) is 30.1 Å². The van der Waals surface area contributed by atoms with E-state index in [9.17, 15) is 0 Å². The van der Waals surface area contributed by atoms with Crippen LogP contribution in [0.2, 0.25) is 0 Å². The molecule has 4 aromatic heterocycles. The number of hydrogen-bond acceptors (Lipinski definition) is 3. The second kappa shape index (κ2) is 13.3. The van der Waals surface area contributed by atoms with Gasteiger partial charge < -0.3 is 9.97 Å². The molecule has 0 saturated heterocycles. The summed E-state index contributed by atoms with van der Waals surface area (Å²) in [5.74, 6) is 0.925. The van der Waals surface area contributed by atoms with E-state index in [4.69, 9.17) is 15.1 Å². The number of nitrogens with one attached hydrogen (secondary N) is 3. The molecule has 13 rings (SSSR count). The van der Waals surface area contributed by atoms with Crippen molar-refractivity contribution in [2.24, 2.45) is 0 Å². The molecule has 0 fully saturated rings. The van der Waals surface area contributed by atoms with Crippen LogP contribution in [0.15, 0.2) is 170 Å². The molecule has 0 aliphatic heterocycles. The number of hydrogen-bond donors (Lipinski definition) is 3. The van der Waals surface area contributed by atoms with Gasteiger partial charge in [0.2, 0.25) is 0 Å². The molecule has 0 amide bonds. The van der Waals surface area contributed by atoms with E-state index in [1.165, 1.54) is 32.8 Å². The van der Waals surface area contributed by atoms with Gasteiger partial charge in [-0.1, -0.05) is 121 Å². The van der Waals surface area contributed by atoms with Gasteiger partial charge in [0.05, 0.1) is 33.1 Å². The standard InChI is InChI=1S/C55H38N6/c1-4-17-36-32(13-1)16-11-20-38(36)42-31-43(49-30-35-28-27-33-14-2-5-18-37(33)53(35)57-49)52(55-58-47-24-9-10-25-48(47)59-55)50(51(42)54-40-19-6-8-23-46(40)60-61-54)39-21-12-26-45-41(39)29-34-15-3-7-22-44(34)56-45/h1-10,12-15,17-19,21-31,38,57H,11,16,20H2,(H,58,59)(H,60,61). The first-order valence-corrected chi connectivity index (χ1v) is 21.2. The Balaban J connectivity index is 1.26. The summed E-state index contributed by atoms with van der Waals surface area (Å²) in [5, 5.41) is 15.5. The molecule has 6 heteroatoms. The van der Waals surface area contributed by atoms with Crippen LogP contribution in [0.5, 0.6) is 0 Å². The summed E-state index contributed by atoms with van der Waals surface area (Å²) < 4.78 is 0. The molecule has 0 spiro atoms. The first-order valence-electron chi connectivity index (χ1n) is 21.2. The third kappa shape index (κ3) is 5.32. The maximum absolute atomic E-state index is 5.44. The molecule has 1 atom stereocenters. The Labute approximate surface area is 351 Å². The number of pyridine rings is 1. The van der Waals surface area contributed by atoms with Gasteiger partial charge >= 0.3 is 0 Å². The Morgan fingerprint density at radius 1 is 0.475 bits per heavy atom. The average molecular weight is 783 g/mol. The largest absolute Gasteiger partial charge is 0.354 e. The Morgan fingerprint density at radius 3 is 2.15 bits per heavy atom. The normalized spacial score (nSPS) is 14.2. The number of H-pyrrole nitrogens is 3. The van der Waals surface area contributed by atoms with Gasteiger partial charge in [-0.25, -0.2) is 9.97 Å². The minimum atomic E-state index is 0.122. The monoisotopic (exact) mass is 782 g/mol. The highest BCUT2D eigenvalue weighted by Gasteiger charge is 2.33. The maximum Gasteiger partial charge on any atom is 0.139 e. The lowest BCUT2D eigenvalue weighted by Crippen LogP contribution is -2.13. The van der Waals surface area contributed by atoms with E-state index in [0.717, 1.165) is 114 Å². The molecule has 1 unspecified atom stereocenters. The van der Waals surface area contributed by atoms with Crippen LogP contribution in [0.25, 0.3) is 110 Å². The highest BCUT2D eigenvalue weighted by molar-refractivity contribution is 6.14. The van der Waals surface area contributed by atoms with E-state index >= 15 is 0 Å². The second-order valence-electron chi connectivity index (χ2n) is 16.5. The maximum atomic E-state index is 5.44. The van der Waals surface area contributed by atoms with Crippen molar-refractivity contribution in [3.63, 3.8) is 0 Å². The molecule has 288 valence electrons. The second-order valence-corrected chi connectivity index (χ2v) is 16.5. The minimum Gasteiger partial charge on any atom is -0.354 e. The zero-order valence-corrected chi connectivity index (χ0v) is 33.2. The number of para-hydroxylation sites is 4. The summed E-state index contributed by atoms with van der Waals surface area (Å²) >= 11 is 0. The Morgan fingerprint density at radius 2 is 1.23 bits per heavy atom. The lowest BCUT2D eigenvalue weighted by molar-refractivity contribution is 0.617. The first kappa shape index (κ1) is 34.1. The molecule has 1 aliphatic carbocycles. The number of benzene rings is 8. The molecule has 0 bridgehead atoms. The molecule has 1 aliphatic rings. The highest BCUT2D eigenvalue weighted by atomic mass is 15.1. The summed E-state index contributed by atoms with van der Waals surface area (Å²) in [5.41, 5.74) is 17.3. The fraction of sp³-hybridized carbons (Fsp3) is 0.0727. The van der Waals surface area contributed by atoms with Crippen LogP contribution in [-0.4, -0.2) is 30.1 Å². The Hall–Kier alpha value is -7.83. The van der Waals surface area contributed by atoms with Gasteiger partial charge in [-0.05, 0) is 95.4 Å². The lowest BCUT2D eigenvalue weighted by Gasteiger charge is -2.30. The Bertz CT molecular complexity index is 3680. The molecule has 3 N–H and O–H groups in total. The molecule has 0 saturated carbocycles. The van der Waals surface area contributed by atoms with Crippen molar-refractivity contribution in [3.05, 3.63) is 187 Å². The molecule has 8 aromatic carbocycles. The Kier molecular flexibility index (Phi) is 7.45. The lowest BCUT2D eigenvalue weighted by atomic mass is 9.73. The van der Waals surface area contributed by atoms with Crippen LogP contribution >= 0.6 is 0 Å². The molecule has 0 radical (unpaired) electrons. The summed E-state index contributed by atoms with van der Waals surface area (Å²) in [6.45, 7) is 0. The van der Waals surface area contributed by atoms with Crippen LogP contribution in [0.3, 0.4) is 0 Å². The smallest absolute Gasteiger partial charge is 0.139 e. The molecule has 6 nitrogen and oxygen atoms in total. The van der Waals surface area contributed by atoms with E-state index in [-0.39, 0.29) is 5.92 Å². The molecule has 4 heterocycles. The van der Waals surface area contributed by atoms with Gasteiger partial charge in [0.15, 0.2) is 0 Å². The van der Waals surface area contributed by atoms with Crippen LogP contribution in [0.1, 0.15) is 35.4 Å². The third-order valence-corrected chi connectivity index (χ3v) is 13.1. The minimum absolute atomic E-state index is 0.122. The number of fused-ring (bicyclic) bond motifs is 8. The molecule has 61 heavy (non-hydrogen) atoms. The number of aromatic nitrogens is 6. The van der Waals surface area contributed by atoms with Crippen molar-refractivity contribution < 1.29 is 0 Å². The molecule has 12 aromatic rings. The number of aromatic amines is 3. The van der Waals surface area contributed by atoms with Crippen LogP contribution in [0, 0.1) is 0 Å². The fourth-order valence-corrected chi connectivity index (χ4v) is 10.3. The highest BCUT2D eigenvalue weighted by Crippen LogP contribution is 2.53. The number of rotatable bonds is 5. The first-order chi connectivity index (χ1) is 30.2. The van der Waals surface area contributed by atoms with Crippen molar-refractivity contribution in [1.29, 1.82) is 0 Å². The van der Waals surface area contributed by atoms with Gasteiger partial charge in [0, 0.05) is 60.8 Å². The number of aryl methyl sites for hydroxylation is 1. The zero-order chi connectivity index (χ0) is 40.0. The predicted molar refractivity (Wildman–Crippen MR) is 251 cm³/mol. The van der Waals surface area contributed by atoms with Crippen molar-refractivity contribution in [3.8, 4) is 45.0 Å². The van der Waals surface area contributed by atoms with Crippen LogP contribution in [0.4, 0.5) is 0 Å². The summed E-state index contributed by atoms with van der Waals surface area (Å²) in [7, 11) is 0. The van der Waals surface area contributed by atoms with Gasteiger partial charge in [-0.2, -0.15) is 5.10 Å². The van der Waals surface area contributed by atoms with E-state index < -0.39 is 0 Å². The number of imidazole rings is 1. The SMILES string of the molecule is c1ccc2c(c1)CCCC2c1cc(-c2cc3ccc4ccccc4c3[nH]2)c(-c2nc3ccccc3[nH]2)c(-c2cccc3nc4ccccc4cc23)c1-c1n[nH]c2ccccc12. The van der Waals surface area contributed by atoms with Gasteiger partial charge in [-0.3, -0.25) is 5.10 Å². The van der Waals surface area contributed by atoms with E-state index in [0.29, 0.717) is 0 Å². The zero-order valence-electron chi connectivity index (χ0n) is 33.2.